The Hall–Kier alpha value is -3.93. The van der Waals surface area contributed by atoms with E-state index < -0.39 is 5.97 Å². The van der Waals surface area contributed by atoms with Crippen LogP contribution >= 0.6 is 0 Å². The van der Waals surface area contributed by atoms with E-state index in [1.807, 2.05) is 51.1 Å². The van der Waals surface area contributed by atoms with Gasteiger partial charge >= 0.3 is 5.97 Å². The summed E-state index contributed by atoms with van der Waals surface area (Å²) < 4.78 is 5.61. The van der Waals surface area contributed by atoms with Crippen molar-refractivity contribution < 1.29 is 19.4 Å². The molecule has 6 nitrogen and oxygen atoms in total. The van der Waals surface area contributed by atoms with E-state index in [0.29, 0.717) is 11.4 Å². The summed E-state index contributed by atoms with van der Waals surface area (Å²) in [4.78, 5) is 27.7. The van der Waals surface area contributed by atoms with Crippen LogP contribution in [0.15, 0.2) is 65.7 Å². The van der Waals surface area contributed by atoms with Crippen LogP contribution in [-0.2, 0) is 4.79 Å². The molecule has 158 valence electrons. The molecule has 0 fully saturated rings. The molecule has 0 spiro atoms. The molecule has 3 rings (SSSR count). The predicted octanol–water partition coefficient (Wildman–Crippen LogP) is 5.08. The number of benzene rings is 3. The maximum atomic E-state index is 12.2. The molecule has 0 atom stereocenters. The number of carboxylic acids is 1. The molecule has 0 aliphatic carbocycles. The quantitative estimate of drug-likeness (QED) is 0.526. The topological polar surface area (TPSA) is 88.0 Å². The summed E-state index contributed by atoms with van der Waals surface area (Å²) in [7, 11) is 0. The molecule has 0 aromatic heterocycles. The first-order chi connectivity index (χ1) is 14.8. The number of aryl methyl sites for hydroxylation is 3. The van der Waals surface area contributed by atoms with E-state index in [-0.39, 0.29) is 18.1 Å². The highest BCUT2D eigenvalue weighted by molar-refractivity contribution is 5.92. The highest BCUT2D eigenvalue weighted by Gasteiger charge is 2.06. The van der Waals surface area contributed by atoms with Gasteiger partial charge in [-0.05, 0) is 85.5 Å². The van der Waals surface area contributed by atoms with Crippen molar-refractivity contribution in [1.82, 2.24) is 0 Å². The Labute approximate surface area is 181 Å². The van der Waals surface area contributed by atoms with Gasteiger partial charge in [-0.2, -0.15) is 0 Å². The van der Waals surface area contributed by atoms with Gasteiger partial charge in [-0.1, -0.05) is 18.2 Å². The van der Waals surface area contributed by atoms with Crippen LogP contribution in [0.3, 0.4) is 0 Å². The number of nitrogens with one attached hydrogen (secondary N) is 1. The summed E-state index contributed by atoms with van der Waals surface area (Å²) >= 11 is 0. The highest BCUT2D eigenvalue weighted by Crippen LogP contribution is 2.21. The van der Waals surface area contributed by atoms with E-state index in [4.69, 9.17) is 9.84 Å². The maximum absolute atomic E-state index is 12.2. The Kier molecular flexibility index (Phi) is 6.82. The van der Waals surface area contributed by atoms with Crippen LogP contribution in [-0.4, -0.2) is 29.8 Å². The summed E-state index contributed by atoms with van der Waals surface area (Å²) in [6, 6.07) is 17.8. The molecule has 0 aliphatic rings. The van der Waals surface area contributed by atoms with Crippen molar-refractivity contribution >= 4 is 29.5 Å². The average Bonchev–Trinajstić information content (AvgIpc) is 2.74. The summed E-state index contributed by atoms with van der Waals surface area (Å²) in [5.74, 6) is -0.654. The van der Waals surface area contributed by atoms with Gasteiger partial charge in [0.2, 0.25) is 0 Å². The van der Waals surface area contributed by atoms with Crippen LogP contribution in [0.25, 0.3) is 0 Å². The number of nitrogens with zero attached hydrogens (tertiary/aromatic N) is 1. The molecule has 2 N–H and O–H groups in total. The zero-order chi connectivity index (χ0) is 22.4. The van der Waals surface area contributed by atoms with Crippen molar-refractivity contribution in [3.05, 3.63) is 88.5 Å². The van der Waals surface area contributed by atoms with Crippen molar-refractivity contribution in [3.63, 3.8) is 0 Å². The molecule has 0 radical (unpaired) electrons. The number of ether oxygens (including phenoxy) is 1. The van der Waals surface area contributed by atoms with E-state index in [9.17, 15) is 9.59 Å². The van der Waals surface area contributed by atoms with E-state index in [1.165, 1.54) is 11.6 Å². The Bertz CT molecular complexity index is 1150. The number of hydrogen-bond donors (Lipinski definition) is 2. The summed E-state index contributed by atoms with van der Waals surface area (Å²) in [5, 5.41) is 11.9. The number of aromatic carboxylic acids is 1. The van der Waals surface area contributed by atoms with Crippen LogP contribution in [0.4, 0.5) is 11.4 Å². The van der Waals surface area contributed by atoms with Crippen molar-refractivity contribution in [2.45, 2.75) is 20.8 Å². The number of carbonyl (C=O) groups excluding carboxylic acids is 1. The minimum atomic E-state index is -0.968. The standard InChI is InChI=1S/C25H24N2O4/c1-16-7-9-21(12-17(16)2)27-24(28)15-31-22-6-4-5-19(13-22)14-26-23-10-8-20(25(29)30)11-18(23)3/h4-14H,15H2,1-3H3,(H,27,28)(H,29,30). The van der Waals surface area contributed by atoms with E-state index in [0.717, 1.165) is 22.4 Å². The normalized spacial score (nSPS) is 10.8. The molecule has 0 saturated heterocycles. The second-order valence-electron chi connectivity index (χ2n) is 7.27. The molecule has 0 unspecified atom stereocenters. The van der Waals surface area contributed by atoms with Gasteiger partial charge in [0, 0.05) is 11.9 Å². The van der Waals surface area contributed by atoms with Crippen molar-refractivity contribution in [3.8, 4) is 5.75 Å². The number of hydrogen-bond acceptors (Lipinski definition) is 4. The van der Waals surface area contributed by atoms with Crippen LogP contribution in [0.2, 0.25) is 0 Å². The van der Waals surface area contributed by atoms with Gasteiger partial charge in [0.15, 0.2) is 6.61 Å². The largest absolute Gasteiger partial charge is 0.484 e. The smallest absolute Gasteiger partial charge is 0.335 e. The third-order valence-corrected chi connectivity index (χ3v) is 4.82. The van der Waals surface area contributed by atoms with Gasteiger partial charge in [-0.15, -0.1) is 0 Å². The molecular weight excluding hydrogens is 392 g/mol. The summed E-state index contributed by atoms with van der Waals surface area (Å²) in [6.07, 6.45) is 1.67. The molecule has 31 heavy (non-hydrogen) atoms. The monoisotopic (exact) mass is 416 g/mol. The van der Waals surface area contributed by atoms with Gasteiger partial charge in [0.05, 0.1) is 11.3 Å². The number of anilines is 1. The van der Waals surface area contributed by atoms with Crippen molar-refractivity contribution in [2.24, 2.45) is 4.99 Å². The summed E-state index contributed by atoms with van der Waals surface area (Å²) in [6.45, 7) is 5.72. The number of amides is 1. The molecule has 0 saturated carbocycles. The molecule has 3 aromatic rings. The lowest BCUT2D eigenvalue weighted by Gasteiger charge is -2.09. The van der Waals surface area contributed by atoms with Gasteiger partial charge in [0.1, 0.15) is 5.75 Å². The summed E-state index contributed by atoms with van der Waals surface area (Å²) in [5.41, 5.74) is 5.50. The van der Waals surface area contributed by atoms with Crippen LogP contribution in [0.5, 0.6) is 5.75 Å². The van der Waals surface area contributed by atoms with Crippen LogP contribution in [0.1, 0.15) is 32.6 Å². The number of aliphatic imine (C=N–C) groups is 1. The van der Waals surface area contributed by atoms with Gasteiger partial charge < -0.3 is 15.2 Å². The lowest BCUT2D eigenvalue weighted by molar-refractivity contribution is -0.118. The first kappa shape index (κ1) is 21.8. The SMILES string of the molecule is Cc1ccc(NC(=O)COc2cccc(C=Nc3ccc(C(=O)O)cc3C)c2)cc1C. The first-order valence-corrected chi connectivity index (χ1v) is 9.80. The molecule has 0 heterocycles. The van der Waals surface area contributed by atoms with Crippen molar-refractivity contribution in [1.29, 1.82) is 0 Å². The lowest BCUT2D eigenvalue weighted by Crippen LogP contribution is -2.20. The first-order valence-electron chi connectivity index (χ1n) is 9.80. The molecule has 1 amide bonds. The highest BCUT2D eigenvalue weighted by atomic mass is 16.5. The minimum absolute atomic E-state index is 0.108. The molecule has 0 aliphatic heterocycles. The molecule has 3 aromatic carbocycles. The maximum Gasteiger partial charge on any atom is 0.335 e. The lowest BCUT2D eigenvalue weighted by atomic mass is 10.1. The van der Waals surface area contributed by atoms with E-state index >= 15 is 0 Å². The van der Waals surface area contributed by atoms with Crippen molar-refractivity contribution in [2.75, 3.05) is 11.9 Å². The predicted molar refractivity (Wildman–Crippen MR) is 122 cm³/mol. The Morgan fingerprint density at radius 2 is 1.77 bits per heavy atom. The fourth-order valence-corrected chi connectivity index (χ4v) is 2.93. The second kappa shape index (κ2) is 9.71. The van der Waals surface area contributed by atoms with Crippen LogP contribution in [0, 0.1) is 20.8 Å². The van der Waals surface area contributed by atoms with E-state index in [1.54, 1.807) is 30.5 Å². The fraction of sp³-hybridized carbons (Fsp3) is 0.160. The second-order valence-corrected chi connectivity index (χ2v) is 7.27. The fourth-order valence-electron chi connectivity index (χ4n) is 2.93. The third-order valence-electron chi connectivity index (χ3n) is 4.82. The minimum Gasteiger partial charge on any atom is -0.484 e. The third kappa shape index (κ3) is 6.02. The number of carboxylic acid groups (broad SMARTS) is 1. The van der Waals surface area contributed by atoms with Crippen LogP contribution < -0.4 is 10.1 Å². The zero-order valence-electron chi connectivity index (χ0n) is 17.7. The Morgan fingerprint density at radius 3 is 2.48 bits per heavy atom. The molecular formula is C25H24N2O4. The number of carbonyl (C=O) groups is 2. The Balaban J connectivity index is 1.61. The zero-order valence-corrected chi connectivity index (χ0v) is 17.7. The van der Waals surface area contributed by atoms with E-state index in [2.05, 4.69) is 10.3 Å². The Morgan fingerprint density at radius 1 is 0.968 bits per heavy atom. The van der Waals surface area contributed by atoms with Gasteiger partial charge in [-0.25, -0.2) is 4.79 Å². The van der Waals surface area contributed by atoms with Gasteiger partial charge in [-0.3, -0.25) is 9.79 Å². The molecule has 0 bridgehead atoms. The average molecular weight is 416 g/mol. The number of rotatable bonds is 7. The van der Waals surface area contributed by atoms with Gasteiger partial charge in [0.25, 0.3) is 5.91 Å². The molecule has 6 heteroatoms.